The molecule has 174 valence electrons. The van der Waals surface area contributed by atoms with Gasteiger partial charge in [0.1, 0.15) is 30.1 Å². The molecule has 0 radical (unpaired) electrons. The quantitative estimate of drug-likeness (QED) is 0.444. The molecule has 1 saturated heterocycles. The number of anilines is 1. The van der Waals surface area contributed by atoms with Gasteiger partial charge < -0.3 is 19.3 Å². The molecule has 3 aromatic carbocycles. The van der Waals surface area contributed by atoms with Crippen LogP contribution in [0.2, 0.25) is 0 Å². The molecule has 0 saturated carbocycles. The van der Waals surface area contributed by atoms with E-state index in [4.69, 9.17) is 9.72 Å². The Balaban J connectivity index is 1.39. The Kier molecular flexibility index (Phi) is 6.02. The predicted molar refractivity (Wildman–Crippen MR) is 129 cm³/mol. The summed E-state index contributed by atoms with van der Waals surface area (Å²) >= 11 is 0. The number of aromatic nitrogens is 2. The number of amides is 1. The van der Waals surface area contributed by atoms with Gasteiger partial charge in [-0.3, -0.25) is 4.79 Å². The Morgan fingerprint density at radius 3 is 2.74 bits per heavy atom. The van der Waals surface area contributed by atoms with Gasteiger partial charge in [-0.25, -0.2) is 9.37 Å². The van der Waals surface area contributed by atoms with Gasteiger partial charge in [0, 0.05) is 18.9 Å². The fourth-order valence-electron chi connectivity index (χ4n) is 4.54. The number of carbonyl (C=O) groups excluding carboxylic acids is 1. The lowest BCUT2D eigenvalue weighted by Gasteiger charge is -2.19. The van der Waals surface area contributed by atoms with E-state index in [9.17, 15) is 14.3 Å². The minimum absolute atomic E-state index is 0.125. The highest BCUT2D eigenvalue weighted by atomic mass is 19.1. The largest absolute Gasteiger partial charge is 0.491 e. The van der Waals surface area contributed by atoms with Crippen LogP contribution in [-0.2, 0) is 11.3 Å². The number of halogens is 1. The van der Waals surface area contributed by atoms with Crippen LogP contribution in [0.4, 0.5) is 10.1 Å². The number of rotatable bonds is 7. The van der Waals surface area contributed by atoms with Crippen LogP contribution in [0.15, 0.2) is 72.8 Å². The van der Waals surface area contributed by atoms with Gasteiger partial charge in [0.25, 0.3) is 0 Å². The Morgan fingerprint density at radius 2 is 1.91 bits per heavy atom. The van der Waals surface area contributed by atoms with Crippen LogP contribution in [0.25, 0.3) is 11.0 Å². The minimum atomic E-state index is -0.781. The maximum absolute atomic E-state index is 14.4. The number of aryl methyl sites for hydroxylation is 1. The summed E-state index contributed by atoms with van der Waals surface area (Å²) in [4.78, 5) is 19.1. The highest BCUT2D eigenvalue weighted by Crippen LogP contribution is 2.34. The number of fused-ring (bicyclic) bond motifs is 1. The molecular formula is C27H26FN3O3. The summed E-state index contributed by atoms with van der Waals surface area (Å²) < 4.78 is 22.1. The Morgan fingerprint density at radius 1 is 1.12 bits per heavy atom. The summed E-state index contributed by atoms with van der Waals surface area (Å²) in [6.07, 6.45) is -0.551. The Bertz CT molecular complexity index is 1340. The average molecular weight is 460 g/mol. The molecule has 2 heterocycles. The number of benzene rings is 3. The van der Waals surface area contributed by atoms with Crippen LogP contribution in [0.3, 0.4) is 0 Å². The first-order valence-corrected chi connectivity index (χ1v) is 11.4. The first-order chi connectivity index (χ1) is 16.5. The van der Waals surface area contributed by atoms with Gasteiger partial charge in [-0.15, -0.1) is 0 Å². The zero-order chi connectivity index (χ0) is 23.7. The summed E-state index contributed by atoms with van der Waals surface area (Å²) in [6.45, 7) is 2.71. The number of imidazole rings is 1. The van der Waals surface area contributed by atoms with E-state index < -0.39 is 11.9 Å². The van der Waals surface area contributed by atoms with E-state index in [1.165, 1.54) is 11.0 Å². The number of aliphatic hydroxyl groups is 1. The molecule has 2 atom stereocenters. The monoisotopic (exact) mass is 459 g/mol. The molecule has 0 aliphatic carbocycles. The van der Waals surface area contributed by atoms with E-state index in [1.807, 2.05) is 60.0 Å². The van der Waals surface area contributed by atoms with Crippen molar-refractivity contribution in [3.63, 3.8) is 0 Å². The number of para-hydroxylation sites is 3. The number of ether oxygens (including phenoxy) is 1. The molecule has 1 aromatic heterocycles. The maximum Gasteiger partial charge on any atom is 0.227 e. The zero-order valence-corrected chi connectivity index (χ0v) is 18.9. The van der Waals surface area contributed by atoms with Gasteiger partial charge in [0.2, 0.25) is 5.91 Å². The van der Waals surface area contributed by atoms with Crippen LogP contribution >= 0.6 is 0 Å². The maximum atomic E-state index is 14.4. The van der Waals surface area contributed by atoms with Gasteiger partial charge in [0.15, 0.2) is 0 Å². The number of aliphatic hydroxyl groups excluding tert-OH is 1. The molecule has 4 aromatic rings. The van der Waals surface area contributed by atoms with Crippen LogP contribution in [-0.4, -0.2) is 39.8 Å². The van der Waals surface area contributed by atoms with Crippen molar-refractivity contribution in [2.45, 2.75) is 31.9 Å². The van der Waals surface area contributed by atoms with Gasteiger partial charge in [-0.2, -0.15) is 0 Å². The van der Waals surface area contributed by atoms with Crippen LogP contribution in [0.5, 0.6) is 5.75 Å². The number of hydrogen-bond acceptors (Lipinski definition) is 4. The van der Waals surface area contributed by atoms with Gasteiger partial charge in [-0.1, -0.05) is 36.4 Å². The smallest absolute Gasteiger partial charge is 0.227 e. The lowest BCUT2D eigenvalue weighted by atomic mass is 10.1. The van der Waals surface area contributed by atoms with E-state index >= 15 is 0 Å². The van der Waals surface area contributed by atoms with Crippen LogP contribution < -0.4 is 9.64 Å². The second-order valence-corrected chi connectivity index (χ2v) is 8.71. The van der Waals surface area contributed by atoms with Crippen molar-refractivity contribution in [2.24, 2.45) is 0 Å². The van der Waals surface area contributed by atoms with Gasteiger partial charge >= 0.3 is 0 Å². The Hall–Kier alpha value is -3.71. The summed E-state index contributed by atoms with van der Waals surface area (Å²) in [6, 6.07) is 21.7. The molecule has 5 rings (SSSR count). The van der Waals surface area contributed by atoms with Crippen LogP contribution in [0, 0.1) is 12.7 Å². The molecule has 7 heteroatoms. The van der Waals surface area contributed by atoms with E-state index in [0.717, 1.165) is 16.6 Å². The van der Waals surface area contributed by atoms with Crippen molar-refractivity contribution >= 4 is 22.6 Å². The van der Waals surface area contributed by atoms with Crippen molar-refractivity contribution in [2.75, 3.05) is 18.1 Å². The normalized spacial score (nSPS) is 16.9. The van der Waals surface area contributed by atoms with E-state index in [1.54, 1.807) is 18.2 Å². The topological polar surface area (TPSA) is 67.6 Å². The minimum Gasteiger partial charge on any atom is -0.491 e. The number of nitrogens with zero attached hydrogens (tertiary/aromatic N) is 3. The molecule has 6 nitrogen and oxygen atoms in total. The highest BCUT2D eigenvalue weighted by molar-refractivity contribution is 5.96. The standard InChI is InChI=1S/C27H26FN3O3/c1-18-7-6-8-21(13-18)34-17-20(32)16-31-25-12-5-3-10-23(25)29-27(31)19-14-26(33)30(15-19)24-11-4-2-9-22(24)28/h2-13,19-20,32H,14-17H2,1H3/t19-,20+/m0/s1. The van der Waals surface area contributed by atoms with E-state index in [2.05, 4.69) is 0 Å². The highest BCUT2D eigenvalue weighted by Gasteiger charge is 2.36. The fourth-order valence-corrected chi connectivity index (χ4v) is 4.54. The zero-order valence-electron chi connectivity index (χ0n) is 18.9. The van der Waals surface area contributed by atoms with E-state index in [0.29, 0.717) is 18.1 Å². The lowest BCUT2D eigenvalue weighted by Crippen LogP contribution is -2.27. The first-order valence-electron chi connectivity index (χ1n) is 11.4. The average Bonchev–Trinajstić information content (AvgIpc) is 3.39. The van der Waals surface area contributed by atoms with Crippen molar-refractivity contribution in [1.82, 2.24) is 9.55 Å². The molecule has 0 spiro atoms. The Labute approximate surface area is 197 Å². The lowest BCUT2D eigenvalue weighted by molar-refractivity contribution is -0.117. The summed E-state index contributed by atoms with van der Waals surface area (Å²) in [5.41, 5.74) is 3.04. The summed E-state index contributed by atoms with van der Waals surface area (Å²) in [7, 11) is 0. The molecule has 0 bridgehead atoms. The number of carbonyl (C=O) groups is 1. The SMILES string of the molecule is Cc1cccc(OC[C@H](O)Cn2c([C@H]3CC(=O)N(c4ccccc4F)C3)nc3ccccc32)c1. The molecule has 34 heavy (non-hydrogen) atoms. The third kappa shape index (κ3) is 4.39. The van der Waals surface area contributed by atoms with Crippen molar-refractivity contribution in [1.29, 1.82) is 0 Å². The molecule has 1 N–H and O–H groups in total. The second kappa shape index (κ2) is 9.27. The molecule has 1 aliphatic rings. The third-order valence-electron chi connectivity index (χ3n) is 6.14. The first kappa shape index (κ1) is 22.1. The number of hydrogen-bond donors (Lipinski definition) is 1. The molecule has 1 amide bonds. The predicted octanol–water partition coefficient (Wildman–Crippen LogP) is 4.44. The van der Waals surface area contributed by atoms with Gasteiger partial charge in [0.05, 0.1) is 23.3 Å². The third-order valence-corrected chi connectivity index (χ3v) is 6.14. The molecular weight excluding hydrogens is 433 g/mol. The second-order valence-electron chi connectivity index (χ2n) is 8.71. The molecule has 1 aliphatic heterocycles. The van der Waals surface area contributed by atoms with E-state index in [-0.39, 0.29) is 37.1 Å². The molecule has 0 unspecified atom stereocenters. The van der Waals surface area contributed by atoms with Crippen molar-refractivity contribution < 1.29 is 19.0 Å². The molecule has 1 fully saturated rings. The fraction of sp³-hybridized carbons (Fsp3) is 0.259. The van der Waals surface area contributed by atoms with Crippen molar-refractivity contribution in [3.05, 3.63) is 90.0 Å². The van der Waals surface area contributed by atoms with Crippen molar-refractivity contribution in [3.8, 4) is 5.75 Å². The summed E-state index contributed by atoms with van der Waals surface area (Å²) in [5.74, 6) is 0.634. The summed E-state index contributed by atoms with van der Waals surface area (Å²) in [5, 5.41) is 10.8. The van der Waals surface area contributed by atoms with Crippen LogP contribution in [0.1, 0.15) is 23.7 Å². The van der Waals surface area contributed by atoms with Gasteiger partial charge in [-0.05, 0) is 48.9 Å².